The third kappa shape index (κ3) is 3.55. The van der Waals surface area contributed by atoms with Crippen LogP contribution in [0.2, 0.25) is 5.02 Å². The fraction of sp³-hybridized carbons (Fsp3) is 0.462. The summed E-state index contributed by atoms with van der Waals surface area (Å²) in [4.78, 5) is 12.1. The molecule has 116 valence electrons. The summed E-state index contributed by atoms with van der Waals surface area (Å²) in [5, 5.41) is 7.89. The number of aryl methyl sites for hydroxylation is 1. The van der Waals surface area contributed by atoms with Gasteiger partial charge in [-0.3, -0.25) is 4.79 Å². The minimum absolute atomic E-state index is 0.0894. The fourth-order valence-corrected chi connectivity index (χ4v) is 3.26. The van der Waals surface area contributed by atoms with E-state index in [0.717, 1.165) is 6.42 Å². The molecule has 8 heteroatoms. The Kier molecular flexibility index (Phi) is 4.57. The van der Waals surface area contributed by atoms with Crippen molar-refractivity contribution in [3.63, 3.8) is 0 Å². The molecule has 2 atom stereocenters. The van der Waals surface area contributed by atoms with Gasteiger partial charge in [-0.15, -0.1) is 0 Å². The lowest BCUT2D eigenvalue weighted by atomic mass is 10.0. The SMILES string of the molecule is Cc1cc(S(N)(=O)=O)cc(Cl)c1NC(=O)C1OCCC1C. The first-order valence-corrected chi connectivity index (χ1v) is 8.38. The van der Waals surface area contributed by atoms with Crippen molar-refractivity contribution < 1.29 is 17.9 Å². The Bertz CT molecular complexity index is 652. The molecule has 0 bridgehead atoms. The predicted molar refractivity (Wildman–Crippen MR) is 79.7 cm³/mol. The van der Waals surface area contributed by atoms with E-state index in [2.05, 4.69) is 5.32 Å². The van der Waals surface area contributed by atoms with Gasteiger partial charge in [-0.25, -0.2) is 13.6 Å². The molecule has 0 radical (unpaired) electrons. The van der Waals surface area contributed by atoms with Crippen LogP contribution < -0.4 is 10.5 Å². The average molecular weight is 333 g/mol. The number of carbonyl (C=O) groups excluding carboxylic acids is 1. The lowest BCUT2D eigenvalue weighted by Gasteiger charge is -2.17. The molecule has 0 aliphatic carbocycles. The van der Waals surface area contributed by atoms with Crippen LogP contribution in [-0.2, 0) is 19.6 Å². The van der Waals surface area contributed by atoms with Crippen LogP contribution in [0.25, 0.3) is 0 Å². The van der Waals surface area contributed by atoms with E-state index in [-0.39, 0.29) is 21.7 Å². The molecule has 1 amide bonds. The number of hydrogen-bond donors (Lipinski definition) is 2. The number of sulfonamides is 1. The van der Waals surface area contributed by atoms with Crippen molar-refractivity contribution in [2.24, 2.45) is 11.1 Å². The highest BCUT2D eigenvalue weighted by atomic mass is 35.5. The largest absolute Gasteiger partial charge is 0.368 e. The zero-order chi connectivity index (χ0) is 15.8. The topological polar surface area (TPSA) is 98.5 Å². The first-order valence-electron chi connectivity index (χ1n) is 6.45. The second-order valence-electron chi connectivity index (χ2n) is 5.19. The smallest absolute Gasteiger partial charge is 0.253 e. The molecule has 1 aromatic rings. The van der Waals surface area contributed by atoms with E-state index < -0.39 is 16.1 Å². The molecule has 1 aliphatic rings. The van der Waals surface area contributed by atoms with Gasteiger partial charge in [0.2, 0.25) is 10.0 Å². The molecule has 1 aromatic carbocycles. The van der Waals surface area contributed by atoms with Crippen LogP contribution in [0.1, 0.15) is 18.9 Å². The van der Waals surface area contributed by atoms with E-state index in [1.807, 2.05) is 6.92 Å². The second kappa shape index (κ2) is 5.92. The molecule has 1 aliphatic heterocycles. The van der Waals surface area contributed by atoms with Crippen molar-refractivity contribution >= 4 is 33.2 Å². The number of ether oxygens (including phenoxy) is 1. The highest BCUT2D eigenvalue weighted by molar-refractivity contribution is 7.89. The number of amides is 1. The number of nitrogens with two attached hydrogens (primary N) is 1. The van der Waals surface area contributed by atoms with Crippen molar-refractivity contribution in [2.75, 3.05) is 11.9 Å². The predicted octanol–water partition coefficient (Wildman–Crippen LogP) is 1.66. The van der Waals surface area contributed by atoms with Gasteiger partial charge >= 0.3 is 0 Å². The quantitative estimate of drug-likeness (QED) is 0.879. The van der Waals surface area contributed by atoms with E-state index in [0.29, 0.717) is 17.9 Å². The van der Waals surface area contributed by atoms with Crippen LogP contribution in [0.15, 0.2) is 17.0 Å². The summed E-state index contributed by atoms with van der Waals surface area (Å²) in [7, 11) is -3.84. The molecule has 1 fully saturated rings. The standard InChI is InChI=1S/C13H17ClN2O4S/c1-7-3-4-20-12(7)13(17)16-11-8(2)5-9(6-10(11)14)21(15,18)19/h5-7,12H,3-4H2,1-2H3,(H,16,17)(H2,15,18,19). The van der Waals surface area contributed by atoms with E-state index in [1.54, 1.807) is 6.92 Å². The van der Waals surface area contributed by atoms with Crippen molar-refractivity contribution in [3.05, 3.63) is 22.7 Å². The normalized spacial score (nSPS) is 22.3. The van der Waals surface area contributed by atoms with Crippen molar-refractivity contribution in [2.45, 2.75) is 31.3 Å². The fourth-order valence-electron chi connectivity index (χ4n) is 2.26. The third-order valence-corrected chi connectivity index (χ3v) is 4.67. The molecular weight excluding hydrogens is 316 g/mol. The van der Waals surface area contributed by atoms with Gasteiger partial charge in [0, 0.05) is 6.61 Å². The van der Waals surface area contributed by atoms with E-state index in [1.165, 1.54) is 12.1 Å². The number of halogens is 1. The van der Waals surface area contributed by atoms with Gasteiger partial charge in [0.1, 0.15) is 6.10 Å². The third-order valence-electron chi connectivity index (χ3n) is 3.48. The molecule has 0 aromatic heterocycles. The van der Waals surface area contributed by atoms with Gasteiger partial charge in [-0.2, -0.15) is 0 Å². The van der Waals surface area contributed by atoms with Crippen LogP contribution in [0.3, 0.4) is 0 Å². The van der Waals surface area contributed by atoms with E-state index in [4.69, 9.17) is 21.5 Å². The number of primary sulfonamides is 1. The van der Waals surface area contributed by atoms with Gasteiger partial charge in [0.25, 0.3) is 5.91 Å². The summed E-state index contributed by atoms with van der Waals surface area (Å²) < 4.78 is 28.1. The minimum Gasteiger partial charge on any atom is -0.368 e. The summed E-state index contributed by atoms with van der Waals surface area (Å²) in [6, 6.07) is 2.59. The van der Waals surface area contributed by atoms with Crippen molar-refractivity contribution in [1.29, 1.82) is 0 Å². The van der Waals surface area contributed by atoms with Gasteiger partial charge in [0.05, 0.1) is 15.6 Å². The summed E-state index contributed by atoms with van der Waals surface area (Å²) in [6.07, 6.45) is 0.313. The Morgan fingerprint density at radius 2 is 2.14 bits per heavy atom. The molecular formula is C13H17ClN2O4S. The van der Waals surface area contributed by atoms with Crippen LogP contribution in [-0.4, -0.2) is 27.0 Å². The Balaban J connectivity index is 2.27. The monoisotopic (exact) mass is 332 g/mol. The highest BCUT2D eigenvalue weighted by Gasteiger charge is 2.31. The lowest BCUT2D eigenvalue weighted by Crippen LogP contribution is -2.31. The van der Waals surface area contributed by atoms with Crippen LogP contribution in [0, 0.1) is 12.8 Å². The molecule has 6 nitrogen and oxygen atoms in total. The number of nitrogens with one attached hydrogen (secondary N) is 1. The molecule has 3 N–H and O–H groups in total. The van der Waals surface area contributed by atoms with Gasteiger partial charge in [-0.1, -0.05) is 18.5 Å². The molecule has 0 spiro atoms. The summed E-state index contributed by atoms with van der Waals surface area (Å²) in [5.74, 6) is -0.152. The minimum atomic E-state index is -3.84. The summed E-state index contributed by atoms with van der Waals surface area (Å²) in [6.45, 7) is 4.14. The van der Waals surface area contributed by atoms with E-state index >= 15 is 0 Å². The molecule has 2 rings (SSSR count). The maximum Gasteiger partial charge on any atom is 0.253 e. The van der Waals surface area contributed by atoms with Gasteiger partial charge in [-0.05, 0) is 37.0 Å². The van der Waals surface area contributed by atoms with Crippen molar-refractivity contribution in [1.82, 2.24) is 0 Å². The number of rotatable bonds is 3. The maximum atomic E-state index is 12.2. The Morgan fingerprint density at radius 1 is 1.48 bits per heavy atom. The molecule has 1 saturated heterocycles. The Labute approximate surface area is 128 Å². The van der Waals surface area contributed by atoms with Crippen LogP contribution >= 0.6 is 11.6 Å². The average Bonchev–Trinajstić information content (AvgIpc) is 2.78. The number of benzene rings is 1. The molecule has 2 unspecified atom stereocenters. The molecule has 21 heavy (non-hydrogen) atoms. The summed E-state index contributed by atoms with van der Waals surface area (Å²) in [5.41, 5.74) is 0.891. The lowest BCUT2D eigenvalue weighted by molar-refractivity contribution is -0.126. The van der Waals surface area contributed by atoms with Crippen LogP contribution in [0.5, 0.6) is 0 Å². The molecule has 1 heterocycles. The first-order chi connectivity index (χ1) is 9.70. The number of anilines is 1. The van der Waals surface area contributed by atoms with Gasteiger partial charge < -0.3 is 10.1 Å². The van der Waals surface area contributed by atoms with Crippen molar-refractivity contribution in [3.8, 4) is 0 Å². The number of carbonyl (C=O) groups is 1. The zero-order valence-electron chi connectivity index (χ0n) is 11.7. The second-order valence-corrected chi connectivity index (χ2v) is 7.16. The maximum absolute atomic E-state index is 12.2. The molecule has 0 saturated carbocycles. The highest BCUT2D eigenvalue weighted by Crippen LogP contribution is 2.30. The number of hydrogen-bond acceptors (Lipinski definition) is 4. The Hall–Kier alpha value is -1.15. The summed E-state index contributed by atoms with van der Waals surface area (Å²) >= 11 is 6.05. The van der Waals surface area contributed by atoms with Crippen LogP contribution in [0.4, 0.5) is 5.69 Å². The Morgan fingerprint density at radius 3 is 2.62 bits per heavy atom. The van der Waals surface area contributed by atoms with E-state index in [9.17, 15) is 13.2 Å². The zero-order valence-corrected chi connectivity index (χ0v) is 13.3. The van der Waals surface area contributed by atoms with Gasteiger partial charge in [0.15, 0.2) is 0 Å². The first kappa shape index (κ1) is 16.2.